The van der Waals surface area contributed by atoms with Gasteiger partial charge in [-0.25, -0.2) is 0 Å². The summed E-state index contributed by atoms with van der Waals surface area (Å²) in [6.07, 6.45) is 0.240. The number of aliphatic hydroxyl groups is 1. The van der Waals surface area contributed by atoms with Crippen LogP contribution in [-0.2, 0) is 9.59 Å². The van der Waals surface area contributed by atoms with Gasteiger partial charge in [0.25, 0.3) is 0 Å². The van der Waals surface area contributed by atoms with Gasteiger partial charge in [-0.2, -0.15) is 0 Å². The molecule has 2 rings (SSSR count). The Morgan fingerprint density at radius 1 is 1.29 bits per heavy atom. The smallest absolute Gasteiger partial charge is 0.233 e. The van der Waals surface area contributed by atoms with E-state index in [0.29, 0.717) is 0 Å². The molecule has 1 heterocycles. The Balaban J connectivity index is 2.02. The molecule has 2 fully saturated rings. The van der Waals surface area contributed by atoms with Gasteiger partial charge in [-0.15, -0.1) is 0 Å². The summed E-state index contributed by atoms with van der Waals surface area (Å²) in [5.41, 5.74) is -0.161. The molecule has 4 heteroatoms. The number of aliphatic hydroxyl groups excluding tert-OH is 1. The number of hydrogen-bond acceptors (Lipinski definition) is 3. The molecule has 17 heavy (non-hydrogen) atoms. The summed E-state index contributed by atoms with van der Waals surface area (Å²) in [7, 11) is 0. The molecule has 0 aromatic heterocycles. The second kappa shape index (κ2) is 3.80. The van der Waals surface area contributed by atoms with Gasteiger partial charge in [0.2, 0.25) is 11.8 Å². The van der Waals surface area contributed by atoms with Crippen molar-refractivity contribution >= 4 is 11.8 Å². The first-order chi connectivity index (χ1) is 7.82. The zero-order valence-corrected chi connectivity index (χ0v) is 10.9. The normalized spacial score (nSPS) is 33.6. The lowest BCUT2D eigenvalue weighted by molar-refractivity contribution is -0.145. The SMILES string of the molecule is CCC(C)C(O)CN1C(=O)C2C(C1=O)C2(C)C. The number of β-amino-alcohol motifs (C(OH)–C–C–N with tert-alkyl or cyclic N) is 1. The molecule has 0 spiro atoms. The predicted molar refractivity (Wildman–Crippen MR) is 62.9 cm³/mol. The van der Waals surface area contributed by atoms with Gasteiger partial charge in [0, 0.05) is 0 Å². The molecular formula is C13H21NO3. The van der Waals surface area contributed by atoms with E-state index < -0.39 is 6.10 Å². The third kappa shape index (κ3) is 1.69. The summed E-state index contributed by atoms with van der Waals surface area (Å²) in [4.78, 5) is 25.3. The fraction of sp³-hybridized carbons (Fsp3) is 0.846. The van der Waals surface area contributed by atoms with E-state index in [-0.39, 0.29) is 41.5 Å². The van der Waals surface area contributed by atoms with Gasteiger partial charge in [-0.1, -0.05) is 34.1 Å². The van der Waals surface area contributed by atoms with Crippen molar-refractivity contribution in [2.24, 2.45) is 23.2 Å². The number of likely N-dealkylation sites (tertiary alicyclic amines) is 1. The Morgan fingerprint density at radius 2 is 1.76 bits per heavy atom. The first-order valence-corrected chi connectivity index (χ1v) is 6.35. The van der Waals surface area contributed by atoms with E-state index in [1.807, 2.05) is 27.7 Å². The summed E-state index contributed by atoms with van der Waals surface area (Å²) < 4.78 is 0. The molecule has 0 radical (unpaired) electrons. The largest absolute Gasteiger partial charge is 0.391 e. The average Bonchev–Trinajstić information content (AvgIpc) is 2.74. The third-order valence-corrected chi connectivity index (χ3v) is 4.56. The molecule has 4 nitrogen and oxygen atoms in total. The summed E-state index contributed by atoms with van der Waals surface area (Å²) >= 11 is 0. The van der Waals surface area contributed by atoms with Gasteiger partial charge in [-0.3, -0.25) is 14.5 Å². The Labute approximate surface area is 102 Å². The van der Waals surface area contributed by atoms with Crippen molar-refractivity contribution < 1.29 is 14.7 Å². The van der Waals surface area contributed by atoms with Crippen LogP contribution in [0.25, 0.3) is 0 Å². The topological polar surface area (TPSA) is 57.6 Å². The Morgan fingerprint density at radius 3 is 2.18 bits per heavy atom. The summed E-state index contributed by atoms with van der Waals surface area (Å²) in [6, 6.07) is 0. The fourth-order valence-electron chi connectivity index (χ4n) is 2.82. The number of piperidine rings is 1. The van der Waals surface area contributed by atoms with Crippen molar-refractivity contribution in [3.63, 3.8) is 0 Å². The molecule has 4 unspecified atom stereocenters. The summed E-state index contributed by atoms with van der Waals surface area (Å²) in [5.74, 6) is -0.349. The van der Waals surface area contributed by atoms with Gasteiger partial charge in [0.05, 0.1) is 24.5 Å². The highest BCUT2D eigenvalue weighted by Gasteiger charge is 2.72. The van der Waals surface area contributed by atoms with E-state index in [1.165, 1.54) is 4.90 Å². The standard InChI is InChI=1S/C13H21NO3/c1-5-7(2)8(15)6-14-11(16)9-10(12(14)17)13(9,3)4/h7-10,15H,5-6H2,1-4H3. The fourth-order valence-corrected chi connectivity index (χ4v) is 2.82. The molecule has 1 saturated heterocycles. The average molecular weight is 239 g/mol. The highest BCUT2D eigenvalue weighted by molar-refractivity contribution is 6.10. The molecule has 1 saturated carbocycles. The molecule has 4 atom stereocenters. The molecule has 0 aromatic carbocycles. The van der Waals surface area contributed by atoms with E-state index in [2.05, 4.69) is 0 Å². The van der Waals surface area contributed by atoms with Crippen LogP contribution < -0.4 is 0 Å². The second-order valence-electron chi connectivity index (χ2n) is 6.02. The van der Waals surface area contributed by atoms with Crippen LogP contribution in [0.4, 0.5) is 0 Å². The maximum atomic E-state index is 12.0. The minimum atomic E-state index is -0.603. The minimum Gasteiger partial charge on any atom is -0.391 e. The maximum Gasteiger partial charge on any atom is 0.233 e. The monoisotopic (exact) mass is 239 g/mol. The predicted octanol–water partition coefficient (Wildman–Crippen LogP) is 1.03. The van der Waals surface area contributed by atoms with Crippen molar-refractivity contribution in [3.8, 4) is 0 Å². The molecule has 2 amide bonds. The maximum absolute atomic E-state index is 12.0. The van der Waals surface area contributed by atoms with Gasteiger partial charge in [0.1, 0.15) is 0 Å². The zero-order chi connectivity index (χ0) is 13.0. The van der Waals surface area contributed by atoms with E-state index in [4.69, 9.17) is 0 Å². The van der Waals surface area contributed by atoms with Crippen molar-refractivity contribution in [3.05, 3.63) is 0 Å². The molecule has 1 N–H and O–H groups in total. The van der Waals surface area contributed by atoms with Gasteiger partial charge in [0.15, 0.2) is 0 Å². The van der Waals surface area contributed by atoms with Crippen molar-refractivity contribution in [1.82, 2.24) is 4.90 Å². The van der Waals surface area contributed by atoms with E-state index in [9.17, 15) is 14.7 Å². The third-order valence-electron chi connectivity index (χ3n) is 4.56. The zero-order valence-electron chi connectivity index (χ0n) is 10.9. The Hall–Kier alpha value is -0.900. The lowest BCUT2D eigenvalue weighted by Gasteiger charge is -2.25. The molecule has 1 aliphatic heterocycles. The van der Waals surface area contributed by atoms with Crippen LogP contribution in [0.5, 0.6) is 0 Å². The van der Waals surface area contributed by atoms with Crippen molar-refractivity contribution in [1.29, 1.82) is 0 Å². The van der Waals surface area contributed by atoms with Gasteiger partial charge < -0.3 is 5.11 Å². The van der Waals surface area contributed by atoms with Crippen molar-refractivity contribution in [2.45, 2.75) is 40.2 Å². The van der Waals surface area contributed by atoms with Crippen LogP contribution in [0.3, 0.4) is 0 Å². The van der Waals surface area contributed by atoms with Crippen LogP contribution in [0, 0.1) is 23.2 Å². The Kier molecular flexibility index (Phi) is 2.81. The summed E-state index contributed by atoms with van der Waals surface area (Å²) in [6.45, 7) is 8.00. The minimum absolute atomic E-state index is 0.0904. The van der Waals surface area contributed by atoms with Gasteiger partial charge >= 0.3 is 0 Å². The van der Waals surface area contributed by atoms with Crippen LogP contribution in [0.1, 0.15) is 34.1 Å². The lowest BCUT2D eigenvalue weighted by atomic mass is 10.0. The molecular weight excluding hydrogens is 218 g/mol. The quantitative estimate of drug-likeness (QED) is 0.746. The van der Waals surface area contributed by atoms with Gasteiger partial charge in [-0.05, 0) is 11.3 Å². The molecule has 2 aliphatic rings. The molecule has 0 bridgehead atoms. The highest BCUT2D eigenvalue weighted by Crippen LogP contribution is 2.63. The Bertz CT molecular complexity index is 340. The lowest BCUT2D eigenvalue weighted by Crippen LogP contribution is -2.42. The number of hydrogen-bond donors (Lipinski definition) is 1. The number of carbonyl (C=O) groups excluding carboxylic acids is 2. The summed E-state index contributed by atoms with van der Waals surface area (Å²) in [5, 5.41) is 9.90. The number of amides is 2. The first kappa shape index (κ1) is 12.6. The number of rotatable bonds is 4. The second-order valence-corrected chi connectivity index (χ2v) is 6.02. The van der Waals surface area contributed by atoms with E-state index in [0.717, 1.165) is 6.42 Å². The first-order valence-electron chi connectivity index (χ1n) is 6.35. The van der Waals surface area contributed by atoms with Crippen LogP contribution in [0.2, 0.25) is 0 Å². The van der Waals surface area contributed by atoms with E-state index >= 15 is 0 Å². The number of carbonyl (C=O) groups is 2. The van der Waals surface area contributed by atoms with Crippen molar-refractivity contribution in [2.75, 3.05) is 6.54 Å². The molecule has 96 valence electrons. The highest BCUT2D eigenvalue weighted by atomic mass is 16.3. The number of nitrogens with zero attached hydrogens (tertiary/aromatic N) is 1. The molecule has 1 aliphatic carbocycles. The molecule has 0 aromatic rings. The van der Waals surface area contributed by atoms with Crippen LogP contribution in [0.15, 0.2) is 0 Å². The number of imide groups is 1. The van der Waals surface area contributed by atoms with Crippen LogP contribution >= 0.6 is 0 Å². The van der Waals surface area contributed by atoms with Crippen LogP contribution in [-0.4, -0.2) is 34.5 Å². The van der Waals surface area contributed by atoms with E-state index in [1.54, 1.807) is 0 Å². The number of fused-ring (bicyclic) bond motifs is 1.